The molecule has 3 rings (SSSR count). The van der Waals surface area contributed by atoms with Crippen molar-refractivity contribution < 1.29 is 9.47 Å². The van der Waals surface area contributed by atoms with Crippen molar-refractivity contribution in [2.45, 2.75) is 13.1 Å². The maximum absolute atomic E-state index is 5.29. The normalized spacial score (nSPS) is 10.9. The summed E-state index contributed by atoms with van der Waals surface area (Å²) < 4.78 is 11.6. The molecule has 0 aliphatic heterocycles. The number of hydrogen-bond acceptors (Lipinski definition) is 4. The number of halogens is 2. The van der Waals surface area contributed by atoms with Gasteiger partial charge in [0.25, 0.3) is 0 Å². The number of aliphatic imine (C=N–C) groups is 1. The van der Waals surface area contributed by atoms with Gasteiger partial charge in [-0.1, -0.05) is 48.2 Å². The van der Waals surface area contributed by atoms with Gasteiger partial charge in [0.05, 0.1) is 19.9 Å². The molecule has 0 unspecified atom stereocenters. The molecule has 0 amide bonds. The van der Waals surface area contributed by atoms with Gasteiger partial charge in [-0.15, -0.1) is 24.0 Å². The molecule has 0 aromatic heterocycles. The zero-order valence-electron chi connectivity index (χ0n) is 17.7. The van der Waals surface area contributed by atoms with Crippen LogP contribution in [0.5, 0.6) is 11.5 Å². The molecular weight excluding hydrogens is 587 g/mol. The average Bonchev–Trinajstić information content (AvgIpc) is 2.79. The van der Waals surface area contributed by atoms with Gasteiger partial charge in [-0.05, 0) is 69.7 Å². The highest BCUT2D eigenvalue weighted by atomic mass is 127. The molecule has 0 saturated carbocycles. The first-order valence-corrected chi connectivity index (χ1v) is 11.5. The average molecular weight is 613 g/mol. The molecule has 0 aliphatic rings. The van der Waals surface area contributed by atoms with E-state index in [0.29, 0.717) is 0 Å². The van der Waals surface area contributed by atoms with Gasteiger partial charge in [-0.3, -0.25) is 0 Å². The Morgan fingerprint density at radius 3 is 1.74 bits per heavy atom. The van der Waals surface area contributed by atoms with Crippen molar-refractivity contribution in [1.82, 2.24) is 4.90 Å². The number of para-hydroxylation sites is 1. The maximum atomic E-state index is 5.29. The molecule has 3 aromatic rings. The highest BCUT2D eigenvalue weighted by molar-refractivity contribution is 14.0. The van der Waals surface area contributed by atoms with E-state index in [1.165, 1.54) is 11.1 Å². The fourth-order valence-corrected chi connectivity index (χ4v) is 3.94. The number of nitrogens with zero attached hydrogens (tertiary/aromatic N) is 2. The van der Waals surface area contributed by atoms with Crippen LogP contribution in [0.1, 0.15) is 11.1 Å². The van der Waals surface area contributed by atoms with Crippen LogP contribution >= 0.6 is 51.7 Å². The minimum Gasteiger partial charge on any atom is -0.497 e. The molecule has 0 saturated heterocycles. The Hall–Kier alpha value is -1.71. The van der Waals surface area contributed by atoms with Crippen molar-refractivity contribution in [3.63, 3.8) is 0 Å². The first kappa shape index (κ1) is 25.5. The van der Waals surface area contributed by atoms with Crippen LogP contribution in [0, 0.1) is 0 Å². The molecule has 0 N–H and O–H groups in total. The Balaban J connectivity index is 0.00000341. The summed E-state index contributed by atoms with van der Waals surface area (Å²) in [5.74, 6) is 1.71. The summed E-state index contributed by atoms with van der Waals surface area (Å²) in [7, 11) is 3.36. The van der Waals surface area contributed by atoms with Crippen LogP contribution < -0.4 is 9.47 Å². The van der Waals surface area contributed by atoms with Crippen LogP contribution in [-0.2, 0) is 13.1 Å². The molecule has 164 valence electrons. The van der Waals surface area contributed by atoms with Gasteiger partial charge in [-0.25, -0.2) is 4.99 Å². The van der Waals surface area contributed by atoms with E-state index in [2.05, 4.69) is 51.4 Å². The number of benzene rings is 3. The Kier molecular flexibility index (Phi) is 10.7. The minimum absolute atomic E-state index is 0. The second-order valence-electron chi connectivity index (χ2n) is 6.60. The van der Waals surface area contributed by atoms with Gasteiger partial charge in [0.15, 0.2) is 5.17 Å². The smallest absolute Gasteiger partial charge is 0.164 e. The van der Waals surface area contributed by atoms with E-state index in [9.17, 15) is 0 Å². The quantitative estimate of drug-likeness (QED) is 0.161. The lowest BCUT2D eigenvalue weighted by Crippen LogP contribution is -2.27. The fourth-order valence-electron chi connectivity index (χ4n) is 2.98. The molecule has 3 aromatic carbocycles. The molecule has 0 heterocycles. The summed E-state index contributed by atoms with van der Waals surface area (Å²) in [4.78, 5) is 7.23. The van der Waals surface area contributed by atoms with Crippen molar-refractivity contribution in [3.05, 3.63) is 88.4 Å². The molecule has 0 spiro atoms. The SMILES string of the molecule is COc1ccc(CN(Cc2ccc(OC)cc2)C(=Nc2ccccc2Br)SC)cc1.I. The molecule has 0 bridgehead atoms. The Bertz CT molecular complexity index is 932. The third-order valence-corrected chi connectivity index (χ3v) is 5.97. The second-order valence-corrected chi connectivity index (χ2v) is 8.23. The monoisotopic (exact) mass is 612 g/mol. The lowest BCUT2D eigenvalue weighted by molar-refractivity contribution is 0.405. The Morgan fingerprint density at radius 2 is 1.32 bits per heavy atom. The summed E-state index contributed by atoms with van der Waals surface area (Å²) >= 11 is 5.25. The van der Waals surface area contributed by atoms with Gasteiger partial charge in [0.2, 0.25) is 0 Å². The summed E-state index contributed by atoms with van der Waals surface area (Å²) in [5.41, 5.74) is 3.30. The maximum Gasteiger partial charge on any atom is 0.164 e. The molecule has 0 radical (unpaired) electrons. The number of methoxy groups -OCH3 is 2. The minimum atomic E-state index is 0. The fraction of sp³-hybridized carbons (Fsp3) is 0.208. The van der Waals surface area contributed by atoms with E-state index < -0.39 is 0 Å². The second kappa shape index (κ2) is 13.0. The molecule has 4 nitrogen and oxygen atoms in total. The van der Waals surface area contributed by atoms with Crippen LogP contribution in [0.25, 0.3) is 0 Å². The van der Waals surface area contributed by atoms with Crippen molar-refractivity contribution >= 4 is 62.5 Å². The Morgan fingerprint density at radius 1 is 0.839 bits per heavy atom. The zero-order chi connectivity index (χ0) is 21.3. The van der Waals surface area contributed by atoms with Crippen molar-refractivity contribution in [1.29, 1.82) is 0 Å². The summed E-state index contributed by atoms with van der Waals surface area (Å²) in [6.45, 7) is 1.47. The van der Waals surface area contributed by atoms with Gasteiger partial charge >= 0.3 is 0 Å². The number of thioether (sulfide) groups is 1. The van der Waals surface area contributed by atoms with Gasteiger partial charge in [0, 0.05) is 17.6 Å². The Labute approximate surface area is 214 Å². The lowest BCUT2D eigenvalue weighted by atomic mass is 10.1. The highest BCUT2D eigenvalue weighted by Crippen LogP contribution is 2.27. The third kappa shape index (κ3) is 7.43. The largest absolute Gasteiger partial charge is 0.497 e. The van der Waals surface area contributed by atoms with Crippen molar-refractivity contribution in [2.75, 3.05) is 20.5 Å². The van der Waals surface area contributed by atoms with Gasteiger partial charge in [0.1, 0.15) is 11.5 Å². The van der Waals surface area contributed by atoms with Crippen LogP contribution in [0.3, 0.4) is 0 Å². The molecule has 0 atom stereocenters. The summed E-state index contributed by atoms with van der Waals surface area (Å²) in [6, 6.07) is 24.4. The van der Waals surface area contributed by atoms with Crippen LogP contribution in [0.4, 0.5) is 5.69 Å². The zero-order valence-corrected chi connectivity index (χ0v) is 22.5. The summed E-state index contributed by atoms with van der Waals surface area (Å²) in [5, 5.41) is 0.952. The summed E-state index contributed by atoms with van der Waals surface area (Å²) in [6.07, 6.45) is 2.06. The molecular formula is C24H26BrIN2O2S. The van der Waals surface area contributed by atoms with Crippen LogP contribution in [0.15, 0.2) is 82.3 Å². The van der Waals surface area contributed by atoms with E-state index in [-0.39, 0.29) is 24.0 Å². The number of ether oxygens (including phenoxy) is 2. The third-order valence-electron chi connectivity index (χ3n) is 4.59. The first-order chi connectivity index (χ1) is 14.6. The van der Waals surface area contributed by atoms with Crippen molar-refractivity contribution in [2.24, 2.45) is 4.99 Å². The van der Waals surface area contributed by atoms with Crippen LogP contribution in [0.2, 0.25) is 0 Å². The molecule has 31 heavy (non-hydrogen) atoms. The van der Waals surface area contributed by atoms with E-state index in [1.54, 1.807) is 26.0 Å². The molecule has 0 aliphatic carbocycles. The number of rotatable bonds is 7. The molecule has 0 fully saturated rings. The molecule has 7 heteroatoms. The number of amidine groups is 1. The van der Waals surface area contributed by atoms with Crippen LogP contribution in [-0.4, -0.2) is 30.5 Å². The van der Waals surface area contributed by atoms with Crippen molar-refractivity contribution in [3.8, 4) is 11.5 Å². The van der Waals surface area contributed by atoms with E-state index >= 15 is 0 Å². The van der Waals surface area contributed by atoms with Gasteiger partial charge in [-0.2, -0.15) is 0 Å². The predicted octanol–water partition coefficient (Wildman–Crippen LogP) is 7.14. The number of hydrogen-bond donors (Lipinski definition) is 0. The van der Waals surface area contributed by atoms with Gasteiger partial charge < -0.3 is 14.4 Å². The predicted molar refractivity (Wildman–Crippen MR) is 145 cm³/mol. The topological polar surface area (TPSA) is 34.1 Å². The lowest BCUT2D eigenvalue weighted by Gasteiger charge is -2.26. The van der Waals surface area contributed by atoms with E-state index in [1.807, 2.05) is 48.5 Å². The first-order valence-electron chi connectivity index (χ1n) is 9.51. The van der Waals surface area contributed by atoms with E-state index in [4.69, 9.17) is 14.5 Å². The van der Waals surface area contributed by atoms with E-state index in [0.717, 1.165) is 39.9 Å². The highest BCUT2D eigenvalue weighted by Gasteiger charge is 2.14. The standard InChI is InChI=1S/C24H25BrN2O2S.HI/c1-28-20-12-8-18(9-13-20)16-27(17-19-10-14-21(29-2)15-11-19)24(30-3)26-23-7-5-4-6-22(23)25;/h4-15H,16-17H2,1-3H3;1H.